The molecule has 0 saturated carbocycles. The van der Waals surface area contributed by atoms with Crippen molar-refractivity contribution < 1.29 is 4.57 Å². The summed E-state index contributed by atoms with van der Waals surface area (Å²) in [5.74, 6) is 5.15. The van der Waals surface area contributed by atoms with Gasteiger partial charge < -0.3 is 4.57 Å². The minimum atomic E-state index is -2.55. The Balaban J connectivity index is 2.81. The van der Waals surface area contributed by atoms with E-state index in [0.29, 0.717) is 17.8 Å². The van der Waals surface area contributed by atoms with Gasteiger partial charge in [0.05, 0.1) is 0 Å². The highest BCUT2D eigenvalue weighted by Gasteiger charge is 2.30. The minimum absolute atomic E-state index is 0.375. The monoisotopic (exact) mass is 316 g/mol. The fourth-order valence-electron chi connectivity index (χ4n) is 3.08. The smallest absolute Gasteiger partial charge is 0.158 e. The fraction of sp³-hybridized carbons (Fsp3) is 0.500. The summed E-state index contributed by atoms with van der Waals surface area (Å²) in [5.41, 5.74) is 4.98. The zero-order chi connectivity index (χ0) is 16.7. The van der Waals surface area contributed by atoms with Crippen LogP contribution in [0.3, 0.4) is 0 Å². The van der Waals surface area contributed by atoms with Gasteiger partial charge in [0.15, 0.2) is 7.14 Å². The first kappa shape index (κ1) is 17.3. The lowest BCUT2D eigenvalue weighted by Gasteiger charge is -2.25. The second kappa shape index (κ2) is 6.20. The van der Waals surface area contributed by atoms with Crippen LogP contribution in [0.5, 0.6) is 0 Å². The molecule has 1 nitrogen and oxygen atoms in total. The Morgan fingerprint density at radius 1 is 0.864 bits per heavy atom. The van der Waals surface area contributed by atoms with Gasteiger partial charge >= 0.3 is 0 Å². The van der Waals surface area contributed by atoms with Gasteiger partial charge in [-0.3, -0.25) is 0 Å². The van der Waals surface area contributed by atoms with Crippen molar-refractivity contribution in [3.8, 4) is 0 Å². The van der Waals surface area contributed by atoms with E-state index >= 15 is 0 Å². The van der Waals surface area contributed by atoms with Crippen LogP contribution in [-0.2, 0) is 4.57 Å². The number of hydrogen-bond acceptors (Lipinski definition) is 1. The van der Waals surface area contributed by atoms with E-state index in [2.05, 4.69) is 53.7 Å². The molecular weight excluding hydrogens is 287 g/mol. The third kappa shape index (κ3) is 3.15. The fourth-order valence-corrected chi connectivity index (χ4v) is 6.04. The quantitative estimate of drug-likeness (QED) is 0.581. The van der Waals surface area contributed by atoms with Crippen LogP contribution in [0.2, 0.25) is 0 Å². The standard InChI is InChI=1S/C20H29OP/c1-13(2)17-10-18(14(3)4)20(19(11-17)15(5)6)22(21)9-8-16(7)12-22/h8-15H,1-7H3. The maximum absolute atomic E-state index is 13.6. The van der Waals surface area contributed by atoms with Crippen molar-refractivity contribution >= 4 is 12.4 Å². The summed E-state index contributed by atoms with van der Waals surface area (Å²) in [5, 5.41) is 1.09. The normalized spacial score (nSPS) is 21.3. The summed E-state index contributed by atoms with van der Waals surface area (Å²) >= 11 is 0. The molecule has 22 heavy (non-hydrogen) atoms. The average Bonchev–Trinajstić information content (AvgIpc) is 2.77. The van der Waals surface area contributed by atoms with E-state index < -0.39 is 7.14 Å². The molecule has 0 aromatic heterocycles. The molecular formula is C20H29OP. The highest BCUT2D eigenvalue weighted by atomic mass is 31.2. The molecule has 1 aliphatic rings. The summed E-state index contributed by atoms with van der Waals surface area (Å²) in [4.78, 5) is 0. The number of rotatable bonds is 4. The Hall–Kier alpha value is -1.07. The van der Waals surface area contributed by atoms with Gasteiger partial charge in [0.2, 0.25) is 0 Å². The van der Waals surface area contributed by atoms with Gasteiger partial charge in [0, 0.05) is 5.30 Å². The molecule has 1 aliphatic heterocycles. The molecule has 1 aromatic carbocycles. The largest absolute Gasteiger partial charge is 0.310 e. The lowest BCUT2D eigenvalue weighted by Crippen LogP contribution is -2.19. The molecule has 1 aromatic rings. The summed E-state index contributed by atoms with van der Waals surface area (Å²) in [6.45, 7) is 15.3. The highest BCUT2D eigenvalue weighted by molar-refractivity contribution is 7.77. The summed E-state index contributed by atoms with van der Waals surface area (Å²) < 4.78 is 13.6. The van der Waals surface area contributed by atoms with E-state index in [9.17, 15) is 4.57 Å². The van der Waals surface area contributed by atoms with Crippen LogP contribution in [0.25, 0.3) is 0 Å². The van der Waals surface area contributed by atoms with E-state index in [1.165, 1.54) is 16.7 Å². The van der Waals surface area contributed by atoms with Crippen molar-refractivity contribution in [1.29, 1.82) is 0 Å². The predicted molar refractivity (Wildman–Crippen MR) is 98.8 cm³/mol. The minimum Gasteiger partial charge on any atom is -0.310 e. The molecule has 1 heterocycles. The molecule has 0 fully saturated rings. The third-order valence-electron chi connectivity index (χ3n) is 4.41. The topological polar surface area (TPSA) is 17.1 Å². The second-order valence-electron chi connectivity index (χ2n) is 7.41. The Labute approximate surface area is 135 Å². The van der Waals surface area contributed by atoms with E-state index in [0.717, 1.165) is 10.9 Å². The van der Waals surface area contributed by atoms with Crippen LogP contribution in [-0.4, -0.2) is 0 Å². The first-order valence-corrected chi connectivity index (χ1v) is 10.2. The summed E-state index contributed by atoms with van der Waals surface area (Å²) in [6, 6.07) is 4.57. The van der Waals surface area contributed by atoms with Crippen molar-refractivity contribution in [2.24, 2.45) is 0 Å². The van der Waals surface area contributed by atoms with Gasteiger partial charge in [-0.1, -0.05) is 59.8 Å². The van der Waals surface area contributed by atoms with Crippen molar-refractivity contribution in [2.45, 2.75) is 66.2 Å². The van der Waals surface area contributed by atoms with E-state index in [1.807, 2.05) is 24.6 Å². The lowest BCUT2D eigenvalue weighted by atomic mass is 9.89. The van der Waals surface area contributed by atoms with Gasteiger partial charge in [-0.2, -0.15) is 0 Å². The Morgan fingerprint density at radius 2 is 1.36 bits per heavy atom. The molecule has 0 spiro atoms. The first-order chi connectivity index (χ1) is 10.2. The van der Waals surface area contributed by atoms with Crippen LogP contribution < -0.4 is 5.30 Å². The second-order valence-corrected chi connectivity index (χ2v) is 9.83. The molecule has 0 bridgehead atoms. The molecule has 1 atom stereocenters. The molecule has 0 amide bonds. The summed E-state index contributed by atoms with van der Waals surface area (Å²) in [6.07, 6.45) is 2.01. The van der Waals surface area contributed by atoms with Gasteiger partial charge in [0.1, 0.15) is 0 Å². The van der Waals surface area contributed by atoms with Gasteiger partial charge in [-0.15, -0.1) is 0 Å². The summed E-state index contributed by atoms with van der Waals surface area (Å²) in [7, 11) is -2.55. The Kier molecular flexibility index (Phi) is 4.87. The first-order valence-electron chi connectivity index (χ1n) is 8.32. The van der Waals surface area contributed by atoms with Gasteiger partial charge in [-0.25, -0.2) is 0 Å². The zero-order valence-corrected chi connectivity index (χ0v) is 15.9. The molecule has 120 valence electrons. The van der Waals surface area contributed by atoms with E-state index in [4.69, 9.17) is 0 Å². The molecule has 1 unspecified atom stereocenters. The van der Waals surface area contributed by atoms with Gasteiger partial charge in [0.25, 0.3) is 0 Å². The number of hydrogen-bond donors (Lipinski definition) is 0. The molecule has 0 radical (unpaired) electrons. The van der Waals surface area contributed by atoms with Crippen molar-refractivity contribution in [3.63, 3.8) is 0 Å². The highest BCUT2D eigenvalue weighted by Crippen LogP contribution is 2.55. The van der Waals surface area contributed by atoms with Crippen molar-refractivity contribution in [3.05, 3.63) is 52.1 Å². The van der Waals surface area contributed by atoms with Crippen LogP contribution in [0, 0.1) is 0 Å². The maximum Gasteiger partial charge on any atom is 0.158 e. The van der Waals surface area contributed by atoms with Crippen LogP contribution >= 0.6 is 7.14 Å². The molecule has 2 rings (SSSR count). The van der Waals surface area contributed by atoms with Crippen LogP contribution in [0.4, 0.5) is 0 Å². The molecule has 0 N–H and O–H groups in total. The number of allylic oxidation sites excluding steroid dienone is 2. The molecule has 2 heteroatoms. The average molecular weight is 316 g/mol. The SMILES string of the molecule is CC1=CP(=O)(c2c(C(C)C)cc(C(C)C)cc2C(C)C)C=C1. The third-order valence-corrected chi connectivity index (χ3v) is 7.00. The van der Waals surface area contributed by atoms with Crippen molar-refractivity contribution in [2.75, 3.05) is 0 Å². The van der Waals surface area contributed by atoms with Crippen LogP contribution in [0.1, 0.15) is 82.9 Å². The Bertz CT molecular complexity index is 646. The maximum atomic E-state index is 13.6. The molecule has 0 aliphatic carbocycles. The van der Waals surface area contributed by atoms with E-state index in [1.54, 1.807) is 0 Å². The molecule has 0 saturated heterocycles. The Morgan fingerprint density at radius 3 is 1.68 bits per heavy atom. The van der Waals surface area contributed by atoms with Gasteiger partial charge in [-0.05, 0) is 58.6 Å². The van der Waals surface area contributed by atoms with Crippen LogP contribution in [0.15, 0.2) is 35.4 Å². The number of benzene rings is 1. The van der Waals surface area contributed by atoms with Crippen molar-refractivity contribution in [1.82, 2.24) is 0 Å². The van der Waals surface area contributed by atoms with E-state index in [-0.39, 0.29) is 0 Å². The predicted octanol–water partition coefficient (Wildman–Crippen LogP) is 6.48. The zero-order valence-electron chi connectivity index (χ0n) is 15.0. The lowest BCUT2D eigenvalue weighted by molar-refractivity contribution is 0.591.